The maximum Gasteiger partial charge on any atom is 0.269 e. The minimum absolute atomic E-state index is 0.182. The van der Waals surface area contributed by atoms with Gasteiger partial charge in [0.15, 0.2) is 0 Å². The van der Waals surface area contributed by atoms with E-state index in [0.717, 1.165) is 29.8 Å². The monoisotopic (exact) mass is 526 g/mol. The van der Waals surface area contributed by atoms with E-state index >= 15 is 0 Å². The van der Waals surface area contributed by atoms with Gasteiger partial charge in [-0.3, -0.25) is 19.7 Å². The van der Waals surface area contributed by atoms with Crippen molar-refractivity contribution in [2.24, 2.45) is 0 Å². The molecule has 11 nitrogen and oxygen atoms in total. The van der Waals surface area contributed by atoms with Crippen LogP contribution in [0.5, 0.6) is 5.75 Å². The molecule has 3 aromatic carbocycles. The summed E-state index contributed by atoms with van der Waals surface area (Å²) in [4.78, 5) is 37.3. The number of nitro groups is 1. The van der Waals surface area contributed by atoms with Gasteiger partial charge in [-0.25, -0.2) is 13.1 Å². The molecule has 12 heteroatoms. The fourth-order valence-corrected chi connectivity index (χ4v) is 4.44. The molecule has 0 saturated heterocycles. The van der Waals surface area contributed by atoms with Crippen LogP contribution in [0.2, 0.25) is 0 Å². The minimum atomic E-state index is -4.12. The summed E-state index contributed by atoms with van der Waals surface area (Å²) in [6, 6.07) is 19.2. The maximum atomic E-state index is 13.3. The first-order valence-electron chi connectivity index (χ1n) is 11.1. The lowest BCUT2D eigenvalue weighted by Crippen LogP contribution is -2.51. The molecule has 0 spiro atoms. The smallest absolute Gasteiger partial charge is 0.269 e. The maximum absolute atomic E-state index is 13.3. The molecule has 37 heavy (non-hydrogen) atoms. The Labute approximate surface area is 214 Å². The number of non-ortho nitro benzene ring substituents is 1. The number of hydrogen-bond acceptors (Lipinski definition) is 7. The summed E-state index contributed by atoms with van der Waals surface area (Å²) in [6.07, 6.45) is 0.182. The van der Waals surface area contributed by atoms with Crippen molar-refractivity contribution in [3.8, 4) is 5.75 Å². The molecule has 0 fully saturated rings. The number of nitrogens with zero attached hydrogens (tertiary/aromatic N) is 2. The SMILES string of the molecule is COc1ccc(N(C)C(=O)[C@H](Cc2ccccc2)NC(=O)CNS(=O)(=O)c2ccc([N+](=O)[O-])cc2)cc1. The van der Waals surface area contributed by atoms with Crippen molar-refractivity contribution >= 4 is 33.2 Å². The molecule has 0 saturated carbocycles. The normalized spacial score (nSPS) is 11.8. The van der Waals surface area contributed by atoms with E-state index in [-0.39, 0.29) is 17.0 Å². The number of sulfonamides is 1. The third-order valence-electron chi connectivity index (χ3n) is 5.49. The van der Waals surface area contributed by atoms with E-state index in [0.29, 0.717) is 11.4 Å². The van der Waals surface area contributed by atoms with Gasteiger partial charge >= 0.3 is 0 Å². The third-order valence-corrected chi connectivity index (χ3v) is 6.90. The molecule has 3 aromatic rings. The second-order valence-electron chi connectivity index (χ2n) is 7.98. The molecule has 0 aliphatic rings. The Balaban J connectivity index is 1.72. The van der Waals surface area contributed by atoms with Crippen LogP contribution in [0.15, 0.2) is 83.8 Å². The molecular weight excluding hydrogens is 500 g/mol. The number of methoxy groups -OCH3 is 1. The van der Waals surface area contributed by atoms with Crippen LogP contribution in [0.25, 0.3) is 0 Å². The molecule has 194 valence electrons. The van der Waals surface area contributed by atoms with Gasteiger partial charge in [-0.1, -0.05) is 30.3 Å². The number of carbonyl (C=O) groups excluding carboxylic acids is 2. The van der Waals surface area contributed by atoms with E-state index in [1.165, 1.54) is 12.0 Å². The molecule has 2 N–H and O–H groups in total. The van der Waals surface area contributed by atoms with Crippen molar-refractivity contribution in [1.29, 1.82) is 0 Å². The van der Waals surface area contributed by atoms with Gasteiger partial charge in [0.25, 0.3) is 5.69 Å². The number of rotatable bonds is 11. The Morgan fingerprint density at radius 3 is 2.19 bits per heavy atom. The van der Waals surface area contributed by atoms with Crippen LogP contribution in [0.4, 0.5) is 11.4 Å². The van der Waals surface area contributed by atoms with Gasteiger partial charge in [0.2, 0.25) is 21.8 Å². The van der Waals surface area contributed by atoms with Crippen LogP contribution in [0.3, 0.4) is 0 Å². The van der Waals surface area contributed by atoms with Crippen molar-refractivity contribution in [2.45, 2.75) is 17.4 Å². The number of nitrogens with one attached hydrogen (secondary N) is 2. The van der Waals surface area contributed by atoms with Crippen LogP contribution < -0.4 is 19.7 Å². The molecule has 0 bridgehead atoms. The quantitative estimate of drug-likeness (QED) is 0.288. The lowest BCUT2D eigenvalue weighted by atomic mass is 10.0. The number of amides is 2. The number of likely N-dealkylation sites (N-methyl/N-ethyl adjacent to an activating group) is 1. The second kappa shape index (κ2) is 12.1. The summed E-state index contributed by atoms with van der Waals surface area (Å²) >= 11 is 0. The number of nitro benzene ring substituents is 1. The fraction of sp³-hybridized carbons (Fsp3) is 0.200. The Hall–Kier alpha value is -4.29. The number of hydrogen-bond donors (Lipinski definition) is 2. The summed E-state index contributed by atoms with van der Waals surface area (Å²) in [5.74, 6) is -0.498. The Morgan fingerprint density at radius 1 is 1.00 bits per heavy atom. The molecule has 2 amide bonds. The van der Waals surface area contributed by atoms with Gasteiger partial charge < -0.3 is 15.0 Å². The zero-order valence-electron chi connectivity index (χ0n) is 20.2. The Bertz CT molecular complexity index is 1350. The number of carbonyl (C=O) groups is 2. The first kappa shape index (κ1) is 27.3. The van der Waals surface area contributed by atoms with Gasteiger partial charge in [0.05, 0.1) is 23.5 Å². The van der Waals surface area contributed by atoms with Gasteiger partial charge in [-0.15, -0.1) is 0 Å². The summed E-state index contributed by atoms with van der Waals surface area (Å²) in [5, 5.41) is 13.4. The predicted octanol–water partition coefficient (Wildman–Crippen LogP) is 2.27. The zero-order chi connectivity index (χ0) is 27.0. The van der Waals surface area contributed by atoms with Crippen LogP contribution in [-0.2, 0) is 26.0 Å². The third kappa shape index (κ3) is 7.35. The lowest BCUT2D eigenvalue weighted by Gasteiger charge is -2.25. The van der Waals surface area contributed by atoms with Crippen LogP contribution >= 0.6 is 0 Å². The van der Waals surface area contributed by atoms with Crippen molar-refractivity contribution in [2.75, 3.05) is 25.6 Å². The molecule has 0 aliphatic carbocycles. The highest BCUT2D eigenvalue weighted by Crippen LogP contribution is 2.20. The molecule has 3 rings (SSSR count). The predicted molar refractivity (Wildman–Crippen MR) is 137 cm³/mol. The lowest BCUT2D eigenvalue weighted by molar-refractivity contribution is -0.384. The van der Waals surface area contributed by atoms with Gasteiger partial charge in [-0.2, -0.15) is 0 Å². The topological polar surface area (TPSA) is 148 Å². The van der Waals surface area contributed by atoms with Crippen LogP contribution in [-0.4, -0.2) is 51.9 Å². The van der Waals surface area contributed by atoms with E-state index in [4.69, 9.17) is 4.74 Å². The highest BCUT2D eigenvalue weighted by molar-refractivity contribution is 7.89. The average molecular weight is 527 g/mol. The molecule has 0 radical (unpaired) electrons. The van der Waals surface area contributed by atoms with Gasteiger partial charge in [-0.05, 0) is 42.0 Å². The van der Waals surface area contributed by atoms with Crippen molar-refractivity contribution in [3.63, 3.8) is 0 Å². The largest absolute Gasteiger partial charge is 0.497 e. The number of benzene rings is 3. The van der Waals surface area contributed by atoms with E-state index in [2.05, 4.69) is 10.0 Å². The Kier molecular flexibility index (Phi) is 8.93. The van der Waals surface area contributed by atoms with E-state index in [1.807, 2.05) is 30.3 Å². The zero-order valence-corrected chi connectivity index (χ0v) is 21.0. The van der Waals surface area contributed by atoms with E-state index in [9.17, 15) is 28.1 Å². The minimum Gasteiger partial charge on any atom is -0.497 e. The molecule has 0 unspecified atom stereocenters. The van der Waals surface area contributed by atoms with Crippen LogP contribution in [0, 0.1) is 10.1 Å². The molecular formula is C25H26N4O7S. The van der Waals surface area contributed by atoms with Crippen molar-refractivity contribution < 1.29 is 27.7 Å². The molecule has 0 heterocycles. The summed E-state index contributed by atoms with van der Waals surface area (Å²) in [5.41, 5.74) is 1.12. The highest BCUT2D eigenvalue weighted by Gasteiger charge is 2.26. The first-order valence-corrected chi connectivity index (χ1v) is 12.6. The number of anilines is 1. The summed E-state index contributed by atoms with van der Waals surface area (Å²) in [6.45, 7) is -0.635. The number of ether oxygens (including phenoxy) is 1. The van der Waals surface area contributed by atoms with E-state index < -0.39 is 39.3 Å². The molecule has 0 aromatic heterocycles. The molecule has 0 aliphatic heterocycles. The Morgan fingerprint density at radius 2 is 1.62 bits per heavy atom. The first-order chi connectivity index (χ1) is 17.6. The summed E-state index contributed by atoms with van der Waals surface area (Å²) in [7, 11) is -1.01. The fourth-order valence-electron chi connectivity index (χ4n) is 3.45. The average Bonchev–Trinajstić information content (AvgIpc) is 2.91. The second-order valence-corrected chi connectivity index (χ2v) is 9.75. The van der Waals surface area contributed by atoms with Crippen LogP contribution in [0.1, 0.15) is 5.56 Å². The highest BCUT2D eigenvalue weighted by atomic mass is 32.2. The molecule has 1 atom stereocenters. The van der Waals surface area contributed by atoms with Crippen molar-refractivity contribution in [3.05, 3.63) is 94.5 Å². The van der Waals surface area contributed by atoms with E-state index in [1.54, 1.807) is 31.3 Å². The summed E-state index contributed by atoms with van der Waals surface area (Å²) < 4.78 is 32.4. The standard InChI is InChI=1S/C25H26N4O7S/c1-28(19-8-12-21(36-2)13-9-19)25(31)23(16-18-6-4-3-5-7-18)27-24(30)17-26-37(34,35)22-14-10-20(11-15-22)29(32)33/h3-15,23,26H,16-17H2,1-2H3,(H,27,30)/t23-/m0/s1. The van der Waals surface area contributed by atoms with Gasteiger partial charge in [0, 0.05) is 31.3 Å². The van der Waals surface area contributed by atoms with Crippen molar-refractivity contribution in [1.82, 2.24) is 10.0 Å². The van der Waals surface area contributed by atoms with Gasteiger partial charge in [0.1, 0.15) is 11.8 Å².